The lowest BCUT2D eigenvalue weighted by molar-refractivity contribution is -0.135. The maximum absolute atomic E-state index is 11.3. The minimum Gasteiger partial charge on any atom is -0.387 e. The number of benzene rings is 1. The average molecular weight is 298 g/mol. The Balaban J connectivity index is 2.06. The average Bonchev–Trinajstić information content (AvgIpc) is 2.35. The fourth-order valence-electron chi connectivity index (χ4n) is 2.21. The second-order valence-corrected chi connectivity index (χ2v) is 5.41. The molecule has 0 saturated carbocycles. The summed E-state index contributed by atoms with van der Waals surface area (Å²) in [6.07, 6.45) is 0.205. The molecule has 3 nitrogen and oxygen atoms in total. The zero-order valence-electron chi connectivity index (χ0n) is 9.64. The molecule has 1 amide bonds. The third-order valence-corrected chi connectivity index (χ3v) is 4.38. The highest BCUT2D eigenvalue weighted by Gasteiger charge is 2.44. The van der Waals surface area contributed by atoms with Gasteiger partial charge in [-0.1, -0.05) is 53.2 Å². The van der Waals surface area contributed by atoms with Gasteiger partial charge in [-0.25, -0.2) is 0 Å². The fourth-order valence-corrected chi connectivity index (χ4v) is 3.02. The van der Waals surface area contributed by atoms with E-state index in [4.69, 9.17) is 0 Å². The van der Waals surface area contributed by atoms with Gasteiger partial charge in [0.15, 0.2) is 0 Å². The van der Waals surface area contributed by atoms with Crippen LogP contribution < -0.4 is 5.32 Å². The van der Waals surface area contributed by atoms with Gasteiger partial charge in [0.25, 0.3) is 0 Å². The van der Waals surface area contributed by atoms with Crippen LogP contribution in [0.3, 0.4) is 0 Å². The fraction of sp³-hybridized carbons (Fsp3) is 0.462. The number of β-lactam (4-membered cyclic amide) rings is 1. The van der Waals surface area contributed by atoms with Crippen molar-refractivity contribution in [2.45, 2.75) is 30.3 Å². The molecule has 0 aliphatic carbocycles. The van der Waals surface area contributed by atoms with Gasteiger partial charge in [0.1, 0.15) is 0 Å². The van der Waals surface area contributed by atoms with Crippen molar-refractivity contribution in [3.63, 3.8) is 0 Å². The van der Waals surface area contributed by atoms with Crippen molar-refractivity contribution in [3.05, 3.63) is 35.9 Å². The molecule has 2 N–H and O–H groups in total. The van der Waals surface area contributed by atoms with Crippen LogP contribution in [-0.2, 0) is 4.79 Å². The monoisotopic (exact) mass is 297 g/mol. The Labute approximate surface area is 109 Å². The van der Waals surface area contributed by atoms with E-state index < -0.39 is 6.10 Å². The van der Waals surface area contributed by atoms with Crippen molar-refractivity contribution in [2.24, 2.45) is 5.92 Å². The third kappa shape index (κ3) is 2.38. The summed E-state index contributed by atoms with van der Waals surface area (Å²) in [5.74, 6) is 0.0972. The van der Waals surface area contributed by atoms with Crippen LogP contribution in [-0.4, -0.2) is 21.9 Å². The summed E-state index contributed by atoms with van der Waals surface area (Å²) >= 11 is 3.50. The minimum atomic E-state index is -0.601. The maximum atomic E-state index is 11.3. The van der Waals surface area contributed by atoms with Crippen LogP contribution in [0, 0.1) is 5.92 Å². The van der Waals surface area contributed by atoms with Gasteiger partial charge in [0, 0.05) is 0 Å². The van der Waals surface area contributed by atoms with Crippen LogP contribution in [0.4, 0.5) is 0 Å². The van der Waals surface area contributed by atoms with E-state index in [2.05, 4.69) is 21.2 Å². The van der Waals surface area contributed by atoms with Crippen LogP contribution in [0.15, 0.2) is 30.3 Å². The summed E-state index contributed by atoms with van der Waals surface area (Å²) in [6, 6.07) is 9.51. The molecule has 0 radical (unpaired) electrons. The van der Waals surface area contributed by atoms with E-state index in [-0.39, 0.29) is 22.7 Å². The Morgan fingerprint density at radius 2 is 2.06 bits per heavy atom. The summed E-state index contributed by atoms with van der Waals surface area (Å²) in [6.45, 7) is 1.99. The Morgan fingerprint density at radius 1 is 1.41 bits per heavy atom. The number of aliphatic hydroxyl groups excluding tert-OH is 1. The van der Waals surface area contributed by atoms with Gasteiger partial charge in [0.05, 0.1) is 22.9 Å². The summed E-state index contributed by atoms with van der Waals surface area (Å²) in [4.78, 5) is 11.2. The maximum Gasteiger partial charge on any atom is 0.225 e. The molecule has 0 aromatic heterocycles. The van der Waals surface area contributed by atoms with E-state index in [1.807, 2.05) is 37.3 Å². The van der Waals surface area contributed by atoms with Crippen molar-refractivity contribution in [1.29, 1.82) is 0 Å². The lowest BCUT2D eigenvalue weighted by atomic mass is 9.83. The molecular weight excluding hydrogens is 282 g/mol. The number of aliphatic hydroxyl groups is 1. The van der Waals surface area contributed by atoms with Crippen LogP contribution in [0.25, 0.3) is 0 Å². The van der Waals surface area contributed by atoms with Crippen LogP contribution in [0.1, 0.15) is 25.0 Å². The second kappa shape index (κ2) is 5.19. The number of rotatable bonds is 4. The van der Waals surface area contributed by atoms with E-state index >= 15 is 0 Å². The number of carbonyl (C=O) groups is 1. The second-order valence-electron chi connectivity index (χ2n) is 4.35. The van der Waals surface area contributed by atoms with E-state index in [0.29, 0.717) is 0 Å². The molecular formula is C13H16BrNO2. The Kier molecular flexibility index (Phi) is 3.84. The van der Waals surface area contributed by atoms with Crippen LogP contribution >= 0.6 is 15.9 Å². The Hall–Kier alpha value is -0.870. The van der Waals surface area contributed by atoms with Gasteiger partial charge >= 0.3 is 0 Å². The topological polar surface area (TPSA) is 49.3 Å². The predicted octanol–water partition coefficient (Wildman–Crippen LogP) is 2.01. The molecule has 4 unspecified atom stereocenters. The zero-order valence-corrected chi connectivity index (χ0v) is 11.2. The molecule has 2 rings (SSSR count). The van der Waals surface area contributed by atoms with E-state index in [0.717, 1.165) is 12.0 Å². The van der Waals surface area contributed by atoms with Crippen LogP contribution in [0.5, 0.6) is 0 Å². The Morgan fingerprint density at radius 3 is 2.59 bits per heavy atom. The molecule has 1 fully saturated rings. The van der Waals surface area contributed by atoms with Gasteiger partial charge in [0.2, 0.25) is 5.91 Å². The summed E-state index contributed by atoms with van der Waals surface area (Å²) < 4.78 is 0. The number of carbonyl (C=O) groups excluding carboxylic acids is 1. The van der Waals surface area contributed by atoms with E-state index in [9.17, 15) is 9.90 Å². The first-order chi connectivity index (χ1) is 8.15. The molecule has 92 valence electrons. The molecule has 1 aromatic rings. The molecule has 1 saturated heterocycles. The van der Waals surface area contributed by atoms with Crippen molar-refractivity contribution < 1.29 is 9.90 Å². The third-order valence-electron chi connectivity index (χ3n) is 3.30. The number of hydrogen-bond acceptors (Lipinski definition) is 2. The molecule has 1 aromatic carbocycles. The summed E-state index contributed by atoms with van der Waals surface area (Å²) in [5, 5.41) is 13.1. The van der Waals surface area contributed by atoms with Gasteiger partial charge in [-0.05, 0) is 12.0 Å². The first-order valence-corrected chi connectivity index (χ1v) is 6.74. The molecule has 1 aliphatic rings. The van der Waals surface area contributed by atoms with Crippen molar-refractivity contribution >= 4 is 21.8 Å². The van der Waals surface area contributed by atoms with Gasteiger partial charge in [-0.3, -0.25) is 4.79 Å². The molecule has 17 heavy (non-hydrogen) atoms. The molecule has 4 atom stereocenters. The predicted molar refractivity (Wildman–Crippen MR) is 69.8 cm³/mol. The molecule has 0 bridgehead atoms. The standard InChI is InChI=1S/C13H16BrNO2/c1-2-9-11(15-13(9)17)10(14)12(16)8-6-4-3-5-7-8/h3-7,9-12,16H,2H2,1H3,(H,15,17). The minimum absolute atomic E-state index is 0.0118. The lowest BCUT2D eigenvalue weighted by Crippen LogP contribution is -2.62. The highest BCUT2D eigenvalue weighted by molar-refractivity contribution is 9.09. The Bertz CT molecular complexity index is 396. The van der Waals surface area contributed by atoms with E-state index in [1.165, 1.54) is 0 Å². The quantitative estimate of drug-likeness (QED) is 0.660. The van der Waals surface area contributed by atoms with Gasteiger partial charge < -0.3 is 10.4 Å². The normalized spacial score (nSPS) is 26.9. The first-order valence-electron chi connectivity index (χ1n) is 5.82. The molecule has 1 heterocycles. The van der Waals surface area contributed by atoms with Crippen molar-refractivity contribution in [3.8, 4) is 0 Å². The lowest BCUT2D eigenvalue weighted by Gasteiger charge is -2.40. The molecule has 4 heteroatoms. The number of amides is 1. The SMILES string of the molecule is CCC1C(=O)NC1C(Br)C(O)c1ccccc1. The number of nitrogens with one attached hydrogen (secondary N) is 1. The van der Waals surface area contributed by atoms with Crippen molar-refractivity contribution in [1.82, 2.24) is 5.32 Å². The van der Waals surface area contributed by atoms with Crippen molar-refractivity contribution in [2.75, 3.05) is 0 Å². The van der Waals surface area contributed by atoms with Crippen LogP contribution in [0.2, 0.25) is 0 Å². The smallest absolute Gasteiger partial charge is 0.225 e. The largest absolute Gasteiger partial charge is 0.387 e. The first kappa shape index (κ1) is 12.6. The van der Waals surface area contributed by atoms with Gasteiger partial charge in [-0.2, -0.15) is 0 Å². The zero-order chi connectivity index (χ0) is 12.4. The molecule has 1 aliphatic heterocycles. The summed E-state index contributed by atoms with van der Waals surface area (Å²) in [5.41, 5.74) is 0.866. The highest BCUT2D eigenvalue weighted by Crippen LogP contribution is 2.33. The molecule has 0 spiro atoms. The summed E-state index contributed by atoms with van der Waals surface area (Å²) in [7, 11) is 0. The van der Waals surface area contributed by atoms with E-state index in [1.54, 1.807) is 0 Å². The van der Waals surface area contributed by atoms with Gasteiger partial charge in [-0.15, -0.1) is 0 Å². The number of halogens is 1. The number of hydrogen-bond donors (Lipinski definition) is 2. The highest BCUT2D eigenvalue weighted by atomic mass is 79.9. The number of alkyl halides is 1.